The molecule has 0 rings (SSSR count). The third kappa shape index (κ3) is 10.7. The van der Waals surface area contributed by atoms with Crippen molar-refractivity contribution in [2.45, 2.75) is 40.7 Å². The molecule has 0 fully saturated rings. The third-order valence-electron chi connectivity index (χ3n) is 3.70. The van der Waals surface area contributed by atoms with Crippen LogP contribution in [0.25, 0.3) is 0 Å². The Morgan fingerprint density at radius 2 is 1.81 bits per heavy atom. The molecule has 0 spiro atoms. The first-order valence-corrected chi connectivity index (χ1v) is 9.10. The molecule has 27 heavy (non-hydrogen) atoms. The minimum Gasteiger partial charge on any atom is -0.464 e. The zero-order valence-electron chi connectivity index (χ0n) is 17.7. The zero-order chi connectivity index (χ0) is 21.0. The van der Waals surface area contributed by atoms with Crippen molar-refractivity contribution in [1.82, 2.24) is 15.5 Å². The van der Waals surface area contributed by atoms with E-state index in [1.165, 1.54) is 0 Å². The quantitative estimate of drug-likeness (QED) is 0.402. The van der Waals surface area contributed by atoms with Crippen molar-refractivity contribution in [1.29, 1.82) is 0 Å². The molecule has 0 bridgehead atoms. The van der Waals surface area contributed by atoms with Gasteiger partial charge in [-0.15, -0.1) is 0 Å². The molecule has 0 aromatic rings. The number of carbonyl (C=O) groups is 3. The fourth-order valence-electron chi connectivity index (χ4n) is 2.18. The molecule has 0 aliphatic heterocycles. The zero-order valence-corrected chi connectivity index (χ0v) is 17.7. The molecule has 0 saturated heterocycles. The van der Waals surface area contributed by atoms with Gasteiger partial charge < -0.3 is 25.0 Å². The molecule has 0 heterocycles. The van der Waals surface area contributed by atoms with Gasteiger partial charge in [0.15, 0.2) is 0 Å². The molecule has 0 aromatic heterocycles. The number of esters is 1. The minimum atomic E-state index is -0.628. The smallest absolute Gasteiger partial charge is 0.332 e. The van der Waals surface area contributed by atoms with Gasteiger partial charge in [-0.1, -0.05) is 32.4 Å². The predicted molar refractivity (Wildman–Crippen MR) is 104 cm³/mol. The van der Waals surface area contributed by atoms with Crippen LogP contribution in [-0.2, 0) is 23.9 Å². The van der Waals surface area contributed by atoms with Crippen LogP contribution in [-0.4, -0.2) is 75.7 Å². The lowest BCUT2D eigenvalue weighted by atomic mass is 9.85. The SMILES string of the molecule is CCOC(=O)COC/C(C)=C/CN(C)C(=O)C(NC(=O)CNC)C(C)(C)C. The summed E-state index contributed by atoms with van der Waals surface area (Å²) >= 11 is 0. The number of likely N-dealkylation sites (N-methyl/N-ethyl adjacent to an activating group) is 2. The number of hydrogen-bond donors (Lipinski definition) is 2. The molecule has 2 N–H and O–H groups in total. The molecule has 0 aliphatic carbocycles. The second-order valence-corrected chi connectivity index (χ2v) is 7.46. The van der Waals surface area contributed by atoms with Gasteiger partial charge in [0.25, 0.3) is 0 Å². The Hall–Kier alpha value is -1.93. The molecule has 0 saturated carbocycles. The molecule has 156 valence electrons. The van der Waals surface area contributed by atoms with Crippen molar-refractivity contribution < 1.29 is 23.9 Å². The molecule has 0 aliphatic rings. The van der Waals surface area contributed by atoms with Gasteiger partial charge in [-0.3, -0.25) is 9.59 Å². The van der Waals surface area contributed by atoms with E-state index >= 15 is 0 Å². The average molecular weight is 386 g/mol. The van der Waals surface area contributed by atoms with Gasteiger partial charge in [0, 0.05) is 13.6 Å². The molecular formula is C19H35N3O5. The molecular weight excluding hydrogens is 350 g/mol. The Labute approximate surface area is 162 Å². The van der Waals surface area contributed by atoms with Gasteiger partial charge in [-0.25, -0.2) is 4.79 Å². The van der Waals surface area contributed by atoms with Crippen LogP contribution in [0.4, 0.5) is 0 Å². The summed E-state index contributed by atoms with van der Waals surface area (Å²) in [5.74, 6) is -0.787. The highest BCUT2D eigenvalue weighted by atomic mass is 16.6. The van der Waals surface area contributed by atoms with Gasteiger partial charge in [0.2, 0.25) is 11.8 Å². The van der Waals surface area contributed by atoms with Crippen LogP contribution >= 0.6 is 0 Å². The maximum Gasteiger partial charge on any atom is 0.332 e. The predicted octanol–water partition coefficient (Wildman–Crippen LogP) is 0.721. The lowest BCUT2D eigenvalue weighted by molar-refractivity contribution is -0.148. The van der Waals surface area contributed by atoms with E-state index in [0.717, 1.165) is 5.57 Å². The number of nitrogens with one attached hydrogen (secondary N) is 2. The molecule has 0 radical (unpaired) electrons. The monoisotopic (exact) mass is 385 g/mol. The highest BCUT2D eigenvalue weighted by Crippen LogP contribution is 2.21. The highest BCUT2D eigenvalue weighted by molar-refractivity contribution is 5.89. The average Bonchev–Trinajstić information content (AvgIpc) is 2.56. The number of amides is 2. The lowest BCUT2D eigenvalue weighted by Gasteiger charge is -2.33. The van der Waals surface area contributed by atoms with Gasteiger partial charge in [-0.05, 0) is 26.3 Å². The van der Waals surface area contributed by atoms with Crippen LogP contribution in [0.2, 0.25) is 0 Å². The Kier molecular flexibility index (Phi) is 11.6. The van der Waals surface area contributed by atoms with Gasteiger partial charge in [0.05, 0.1) is 19.8 Å². The van der Waals surface area contributed by atoms with Gasteiger partial charge in [0.1, 0.15) is 12.6 Å². The maximum atomic E-state index is 12.8. The fraction of sp³-hybridized carbons (Fsp3) is 0.737. The number of nitrogens with zero attached hydrogens (tertiary/aromatic N) is 1. The van der Waals surface area contributed by atoms with Crippen molar-refractivity contribution in [2.24, 2.45) is 5.41 Å². The van der Waals surface area contributed by atoms with E-state index in [1.807, 2.05) is 33.8 Å². The highest BCUT2D eigenvalue weighted by Gasteiger charge is 2.34. The molecule has 8 nitrogen and oxygen atoms in total. The Balaban J connectivity index is 4.69. The van der Waals surface area contributed by atoms with Crippen LogP contribution < -0.4 is 10.6 Å². The Morgan fingerprint density at radius 1 is 1.19 bits per heavy atom. The molecule has 1 atom stereocenters. The summed E-state index contributed by atoms with van der Waals surface area (Å²) < 4.78 is 10.1. The lowest BCUT2D eigenvalue weighted by Crippen LogP contribution is -2.55. The van der Waals surface area contributed by atoms with Crippen LogP contribution in [0.1, 0.15) is 34.6 Å². The normalized spacial score (nSPS) is 13.1. The molecule has 1 unspecified atom stereocenters. The first-order valence-electron chi connectivity index (χ1n) is 9.10. The number of rotatable bonds is 11. The maximum absolute atomic E-state index is 12.8. The summed E-state index contributed by atoms with van der Waals surface area (Å²) in [5.41, 5.74) is 0.474. The second-order valence-electron chi connectivity index (χ2n) is 7.46. The third-order valence-corrected chi connectivity index (χ3v) is 3.70. The number of ether oxygens (including phenoxy) is 2. The number of carbonyl (C=O) groups excluding carboxylic acids is 3. The topological polar surface area (TPSA) is 97.0 Å². The van der Waals surface area contributed by atoms with Crippen LogP contribution in [0.5, 0.6) is 0 Å². The van der Waals surface area contributed by atoms with Crippen molar-refractivity contribution in [3.05, 3.63) is 11.6 Å². The van der Waals surface area contributed by atoms with Crippen molar-refractivity contribution in [3.63, 3.8) is 0 Å². The number of hydrogen-bond acceptors (Lipinski definition) is 6. The minimum absolute atomic E-state index is 0.0998. The van der Waals surface area contributed by atoms with Crippen LogP contribution in [0, 0.1) is 5.41 Å². The van der Waals surface area contributed by atoms with E-state index in [1.54, 1.807) is 25.9 Å². The summed E-state index contributed by atoms with van der Waals surface area (Å²) in [5, 5.41) is 5.57. The second kappa shape index (κ2) is 12.5. The van der Waals surface area contributed by atoms with E-state index < -0.39 is 17.4 Å². The first-order chi connectivity index (χ1) is 12.5. The summed E-state index contributed by atoms with van der Waals surface area (Å²) in [6, 6.07) is -0.628. The van der Waals surface area contributed by atoms with Gasteiger partial charge >= 0.3 is 5.97 Å². The summed E-state index contributed by atoms with van der Waals surface area (Å²) in [6.45, 7) is 10.4. The standard InChI is InChI=1S/C19H35N3O5/c1-8-27-16(24)13-26-12-14(2)9-10-22(7)18(25)17(19(3,4)5)21-15(23)11-20-6/h9,17,20H,8,10-13H2,1-7H3,(H,21,23)/b14-9+. The molecule has 8 heteroatoms. The van der Waals surface area contributed by atoms with E-state index in [2.05, 4.69) is 10.6 Å². The Morgan fingerprint density at radius 3 is 2.33 bits per heavy atom. The van der Waals surface area contributed by atoms with Crippen molar-refractivity contribution >= 4 is 17.8 Å². The van der Waals surface area contributed by atoms with Crippen molar-refractivity contribution in [3.8, 4) is 0 Å². The van der Waals surface area contributed by atoms with E-state index in [0.29, 0.717) is 13.2 Å². The van der Waals surface area contributed by atoms with Gasteiger partial charge in [-0.2, -0.15) is 0 Å². The summed E-state index contributed by atoms with van der Waals surface area (Å²) in [7, 11) is 3.37. The molecule has 0 aromatic carbocycles. The van der Waals surface area contributed by atoms with Crippen molar-refractivity contribution in [2.75, 3.05) is 47.0 Å². The summed E-state index contributed by atoms with van der Waals surface area (Å²) in [6.07, 6.45) is 1.86. The van der Waals surface area contributed by atoms with Crippen LogP contribution in [0.15, 0.2) is 11.6 Å². The first kappa shape index (κ1) is 25.1. The fourth-order valence-corrected chi connectivity index (χ4v) is 2.18. The summed E-state index contributed by atoms with van der Waals surface area (Å²) in [4.78, 5) is 37.5. The van der Waals surface area contributed by atoms with Crippen LogP contribution in [0.3, 0.4) is 0 Å². The largest absolute Gasteiger partial charge is 0.464 e. The van der Waals surface area contributed by atoms with E-state index in [-0.39, 0.29) is 31.6 Å². The molecule has 2 amide bonds. The van der Waals surface area contributed by atoms with E-state index in [9.17, 15) is 14.4 Å². The Bertz CT molecular complexity index is 526. The van der Waals surface area contributed by atoms with E-state index in [4.69, 9.17) is 9.47 Å².